The van der Waals surface area contributed by atoms with E-state index >= 15 is 0 Å². The van der Waals surface area contributed by atoms with Gasteiger partial charge in [0, 0.05) is 26.1 Å². The summed E-state index contributed by atoms with van der Waals surface area (Å²) in [6, 6.07) is 0. The van der Waals surface area contributed by atoms with Gasteiger partial charge < -0.3 is 18.9 Å². The second-order valence-corrected chi connectivity index (χ2v) is 4.33. The average Bonchev–Trinajstić information content (AvgIpc) is 2.15. The molecular formula is C12H22O4. The maximum atomic E-state index is 5.48. The predicted molar refractivity (Wildman–Crippen MR) is 59.1 cm³/mol. The Hall–Kier alpha value is -0.160. The lowest BCUT2D eigenvalue weighted by Crippen LogP contribution is -2.30. The SMILES string of the molecule is C(CCCOC1CCO1)CCOC1CCO1. The third-order valence-corrected chi connectivity index (χ3v) is 2.96. The van der Waals surface area contributed by atoms with Crippen molar-refractivity contribution in [2.24, 2.45) is 0 Å². The second kappa shape index (κ2) is 7.22. The van der Waals surface area contributed by atoms with Crippen LogP contribution in [0.4, 0.5) is 0 Å². The van der Waals surface area contributed by atoms with Crippen LogP contribution in [0.2, 0.25) is 0 Å². The van der Waals surface area contributed by atoms with Crippen LogP contribution in [0.25, 0.3) is 0 Å². The van der Waals surface area contributed by atoms with Gasteiger partial charge in [-0.1, -0.05) is 12.8 Å². The van der Waals surface area contributed by atoms with Crippen molar-refractivity contribution < 1.29 is 18.9 Å². The molecule has 2 saturated heterocycles. The minimum absolute atomic E-state index is 0.0964. The van der Waals surface area contributed by atoms with E-state index in [1.165, 1.54) is 12.8 Å². The maximum absolute atomic E-state index is 5.48. The molecule has 0 amide bonds. The van der Waals surface area contributed by atoms with E-state index in [0.29, 0.717) is 0 Å². The Morgan fingerprint density at radius 2 is 1.19 bits per heavy atom. The summed E-state index contributed by atoms with van der Waals surface area (Å²) in [5.74, 6) is 0. The smallest absolute Gasteiger partial charge is 0.159 e. The largest absolute Gasteiger partial charge is 0.353 e. The van der Waals surface area contributed by atoms with Crippen LogP contribution >= 0.6 is 0 Å². The fraction of sp³-hybridized carbons (Fsp3) is 1.00. The van der Waals surface area contributed by atoms with E-state index in [9.17, 15) is 0 Å². The molecule has 2 aliphatic heterocycles. The molecule has 2 atom stereocenters. The first kappa shape index (κ1) is 12.3. The molecule has 4 nitrogen and oxygen atoms in total. The van der Waals surface area contributed by atoms with Gasteiger partial charge in [0.25, 0.3) is 0 Å². The van der Waals surface area contributed by atoms with E-state index in [2.05, 4.69) is 0 Å². The molecule has 16 heavy (non-hydrogen) atoms. The quantitative estimate of drug-likeness (QED) is 0.568. The molecule has 2 aliphatic rings. The summed E-state index contributed by atoms with van der Waals surface area (Å²) in [5, 5.41) is 0. The molecule has 0 aromatic carbocycles. The molecule has 2 unspecified atom stereocenters. The zero-order valence-corrected chi connectivity index (χ0v) is 9.86. The Kier molecular flexibility index (Phi) is 5.55. The van der Waals surface area contributed by atoms with E-state index in [1.807, 2.05) is 0 Å². The maximum Gasteiger partial charge on any atom is 0.159 e. The molecule has 0 aromatic rings. The standard InChI is InChI=1S/C12H22O4/c1(3-7-13-11-5-9-15-11)2-4-8-14-12-6-10-16-12/h11-12H,1-10H2. The van der Waals surface area contributed by atoms with Crippen molar-refractivity contribution in [3.8, 4) is 0 Å². The van der Waals surface area contributed by atoms with Gasteiger partial charge in [0.1, 0.15) is 0 Å². The fourth-order valence-corrected chi connectivity index (χ4v) is 1.68. The summed E-state index contributed by atoms with van der Waals surface area (Å²) in [6.45, 7) is 3.39. The van der Waals surface area contributed by atoms with Crippen molar-refractivity contribution in [1.82, 2.24) is 0 Å². The molecule has 0 aromatic heterocycles. The first-order valence-electron chi connectivity index (χ1n) is 6.41. The molecule has 0 bridgehead atoms. The third-order valence-electron chi connectivity index (χ3n) is 2.96. The van der Waals surface area contributed by atoms with Gasteiger partial charge in [-0.25, -0.2) is 0 Å². The van der Waals surface area contributed by atoms with Gasteiger partial charge in [0.2, 0.25) is 0 Å². The van der Waals surface area contributed by atoms with Gasteiger partial charge in [-0.05, 0) is 12.8 Å². The Morgan fingerprint density at radius 3 is 1.50 bits per heavy atom. The van der Waals surface area contributed by atoms with E-state index < -0.39 is 0 Å². The Morgan fingerprint density at radius 1 is 0.750 bits per heavy atom. The molecule has 2 heterocycles. The molecule has 2 rings (SSSR count). The summed E-state index contributed by atoms with van der Waals surface area (Å²) >= 11 is 0. The van der Waals surface area contributed by atoms with Crippen LogP contribution in [-0.2, 0) is 18.9 Å². The van der Waals surface area contributed by atoms with Crippen LogP contribution in [0, 0.1) is 0 Å². The van der Waals surface area contributed by atoms with Crippen molar-refractivity contribution in [2.75, 3.05) is 26.4 Å². The summed E-state index contributed by atoms with van der Waals surface area (Å²) in [4.78, 5) is 0. The van der Waals surface area contributed by atoms with Crippen LogP contribution in [-0.4, -0.2) is 39.0 Å². The fourth-order valence-electron chi connectivity index (χ4n) is 1.68. The number of rotatable bonds is 9. The molecule has 2 fully saturated rings. The van der Waals surface area contributed by atoms with Crippen molar-refractivity contribution in [3.05, 3.63) is 0 Å². The van der Waals surface area contributed by atoms with E-state index in [4.69, 9.17) is 18.9 Å². The highest BCUT2D eigenvalue weighted by atomic mass is 16.7. The van der Waals surface area contributed by atoms with Gasteiger partial charge in [-0.15, -0.1) is 0 Å². The van der Waals surface area contributed by atoms with Crippen molar-refractivity contribution in [1.29, 1.82) is 0 Å². The van der Waals surface area contributed by atoms with Crippen molar-refractivity contribution in [3.63, 3.8) is 0 Å². The van der Waals surface area contributed by atoms with Crippen molar-refractivity contribution >= 4 is 0 Å². The van der Waals surface area contributed by atoms with Crippen molar-refractivity contribution in [2.45, 2.75) is 51.1 Å². The molecule has 0 spiro atoms. The lowest BCUT2D eigenvalue weighted by Gasteiger charge is -2.26. The van der Waals surface area contributed by atoms with Gasteiger partial charge in [-0.2, -0.15) is 0 Å². The van der Waals surface area contributed by atoms with Crippen LogP contribution < -0.4 is 0 Å². The molecule has 0 N–H and O–H groups in total. The van der Waals surface area contributed by atoms with E-state index in [0.717, 1.165) is 52.1 Å². The molecule has 94 valence electrons. The van der Waals surface area contributed by atoms with Gasteiger partial charge in [0.05, 0.1) is 13.2 Å². The predicted octanol–water partition coefficient (Wildman–Crippen LogP) is 2.07. The zero-order valence-electron chi connectivity index (χ0n) is 9.86. The highest BCUT2D eigenvalue weighted by Crippen LogP contribution is 2.14. The number of hydrogen-bond donors (Lipinski definition) is 0. The first-order valence-corrected chi connectivity index (χ1v) is 6.41. The second-order valence-electron chi connectivity index (χ2n) is 4.33. The average molecular weight is 230 g/mol. The lowest BCUT2D eigenvalue weighted by molar-refractivity contribution is -0.216. The Balaban J connectivity index is 1.27. The normalized spacial score (nSPS) is 28.5. The third kappa shape index (κ3) is 4.37. The Bertz CT molecular complexity index is 158. The van der Waals surface area contributed by atoms with E-state index in [-0.39, 0.29) is 12.6 Å². The van der Waals surface area contributed by atoms with Crippen LogP contribution in [0.15, 0.2) is 0 Å². The van der Waals surface area contributed by atoms with Crippen LogP contribution in [0.3, 0.4) is 0 Å². The summed E-state index contributed by atoms with van der Waals surface area (Å²) in [7, 11) is 0. The highest BCUT2D eigenvalue weighted by molar-refractivity contribution is 4.56. The molecule has 0 aliphatic carbocycles. The van der Waals surface area contributed by atoms with E-state index in [1.54, 1.807) is 0 Å². The number of ether oxygens (including phenoxy) is 4. The monoisotopic (exact) mass is 230 g/mol. The first-order chi connectivity index (χ1) is 7.95. The minimum Gasteiger partial charge on any atom is -0.353 e. The topological polar surface area (TPSA) is 36.9 Å². The van der Waals surface area contributed by atoms with Crippen LogP contribution in [0.1, 0.15) is 38.5 Å². The Labute approximate surface area is 97.2 Å². The molecule has 0 saturated carbocycles. The molecular weight excluding hydrogens is 208 g/mol. The van der Waals surface area contributed by atoms with Gasteiger partial charge in [0.15, 0.2) is 12.6 Å². The summed E-state index contributed by atoms with van der Waals surface area (Å²) in [6.07, 6.45) is 6.99. The number of unbranched alkanes of at least 4 members (excludes halogenated alkanes) is 3. The van der Waals surface area contributed by atoms with Gasteiger partial charge >= 0.3 is 0 Å². The van der Waals surface area contributed by atoms with Crippen LogP contribution in [0.5, 0.6) is 0 Å². The number of hydrogen-bond acceptors (Lipinski definition) is 4. The molecule has 4 heteroatoms. The summed E-state index contributed by atoms with van der Waals surface area (Å²) < 4.78 is 21.3. The lowest BCUT2D eigenvalue weighted by atomic mass is 10.2. The minimum atomic E-state index is 0.0964. The molecule has 0 radical (unpaired) electrons. The highest BCUT2D eigenvalue weighted by Gasteiger charge is 2.18. The summed E-state index contributed by atoms with van der Waals surface area (Å²) in [5.41, 5.74) is 0. The zero-order chi connectivity index (χ0) is 11.1. The van der Waals surface area contributed by atoms with Gasteiger partial charge in [-0.3, -0.25) is 0 Å².